The highest BCUT2D eigenvalue weighted by molar-refractivity contribution is 7.89. The van der Waals surface area contributed by atoms with Crippen LogP contribution in [-0.4, -0.2) is 38.5 Å². The van der Waals surface area contributed by atoms with Crippen molar-refractivity contribution < 1.29 is 22.7 Å². The summed E-state index contributed by atoms with van der Waals surface area (Å²) < 4.78 is 38.0. The molecule has 0 atom stereocenters. The normalized spacial score (nSPS) is 16.7. The Morgan fingerprint density at radius 3 is 2.60 bits per heavy atom. The van der Waals surface area contributed by atoms with E-state index in [1.165, 1.54) is 16.4 Å². The van der Waals surface area contributed by atoms with Crippen LogP contribution in [0.25, 0.3) is 6.08 Å². The first kappa shape index (κ1) is 20.4. The van der Waals surface area contributed by atoms with E-state index < -0.39 is 10.0 Å². The molecule has 158 valence electrons. The van der Waals surface area contributed by atoms with E-state index in [2.05, 4.69) is 5.32 Å². The molecular weight excluding hydrogens is 404 g/mol. The molecule has 0 saturated carbocycles. The van der Waals surface area contributed by atoms with Crippen LogP contribution in [0.3, 0.4) is 0 Å². The van der Waals surface area contributed by atoms with Crippen molar-refractivity contribution in [3.63, 3.8) is 0 Å². The molecule has 0 radical (unpaired) electrons. The van der Waals surface area contributed by atoms with Crippen LogP contribution < -0.4 is 14.8 Å². The number of fused-ring (bicyclic) bond motifs is 1. The second-order valence-corrected chi connectivity index (χ2v) is 9.31. The molecular formula is C22H24N2O5S. The Kier molecular flexibility index (Phi) is 5.78. The molecule has 4 rings (SSSR count). The van der Waals surface area contributed by atoms with E-state index in [9.17, 15) is 13.2 Å². The summed E-state index contributed by atoms with van der Waals surface area (Å²) in [6.07, 6.45) is 5.87. The van der Waals surface area contributed by atoms with Gasteiger partial charge in [-0.15, -0.1) is 0 Å². The molecule has 0 aromatic heterocycles. The van der Waals surface area contributed by atoms with Crippen LogP contribution in [-0.2, 0) is 14.8 Å². The lowest BCUT2D eigenvalue weighted by Gasteiger charge is -2.26. The number of nitrogens with one attached hydrogen (secondary N) is 1. The van der Waals surface area contributed by atoms with Gasteiger partial charge >= 0.3 is 0 Å². The van der Waals surface area contributed by atoms with E-state index in [-0.39, 0.29) is 17.6 Å². The van der Waals surface area contributed by atoms with Gasteiger partial charge in [-0.1, -0.05) is 18.6 Å². The number of anilines is 1. The fraction of sp³-hybridized carbons (Fsp3) is 0.318. The van der Waals surface area contributed by atoms with Gasteiger partial charge in [-0.25, -0.2) is 8.42 Å². The molecule has 8 heteroatoms. The maximum atomic E-state index is 12.9. The zero-order chi connectivity index (χ0) is 21.1. The van der Waals surface area contributed by atoms with E-state index >= 15 is 0 Å². The Morgan fingerprint density at radius 1 is 1.03 bits per heavy atom. The Hall–Kier alpha value is -2.84. The molecule has 1 fully saturated rings. The molecule has 1 N–H and O–H groups in total. The monoisotopic (exact) mass is 428 g/mol. The Morgan fingerprint density at radius 2 is 1.80 bits per heavy atom. The molecule has 30 heavy (non-hydrogen) atoms. The second-order valence-electron chi connectivity index (χ2n) is 7.38. The number of hydrogen-bond donors (Lipinski definition) is 1. The van der Waals surface area contributed by atoms with Crippen molar-refractivity contribution in [3.05, 3.63) is 53.6 Å². The summed E-state index contributed by atoms with van der Waals surface area (Å²) in [5.74, 6) is 0.978. The van der Waals surface area contributed by atoms with Gasteiger partial charge in [0.05, 0.1) is 4.90 Å². The topological polar surface area (TPSA) is 84.9 Å². The third-order valence-corrected chi connectivity index (χ3v) is 7.14. The number of ether oxygens (including phenoxy) is 2. The smallest absolute Gasteiger partial charge is 0.248 e. The molecule has 2 aromatic carbocycles. The molecule has 2 aliphatic heterocycles. The van der Waals surface area contributed by atoms with Crippen LogP contribution in [0.15, 0.2) is 47.4 Å². The van der Waals surface area contributed by atoms with Crippen LogP contribution in [0.5, 0.6) is 11.5 Å². The lowest BCUT2D eigenvalue weighted by molar-refractivity contribution is -0.111. The number of sulfonamides is 1. The van der Waals surface area contributed by atoms with Crippen molar-refractivity contribution in [1.82, 2.24) is 4.31 Å². The maximum Gasteiger partial charge on any atom is 0.248 e. The van der Waals surface area contributed by atoms with Gasteiger partial charge in [0.25, 0.3) is 0 Å². The van der Waals surface area contributed by atoms with Gasteiger partial charge in [-0.3, -0.25) is 4.79 Å². The van der Waals surface area contributed by atoms with Gasteiger partial charge in [0.15, 0.2) is 11.5 Å². The van der Waals surface area contributed by atoms with E-state index in [0.717, 1.165) is 30.4 Å². The van der Waals surface area contributed by atoms with Crippen LogP contribution in [0.1, 0.15) is 30.4 Å². The summed E-state index contributed by atoms with van der Waals surface area (Å²) in [5, 5.41) is 2.78. The van der Waals surface area contributed by atoms with E-state index in [4.69, 9.17) is 9.47 Å². The fourth-order valence-corrected chi connectivity index (χ4v) is 5.06. The first-order valence-electron chi connectivity index (χ1n) is 9.93. The molecule has 7 nitrogen and oxygen atoms in total. The first-order chi connectivity index (χ1) is 14.4. The van der Waals surface area contributed by atoms with Crippen molar-refractivity contribution in [2.75, 3.05) is 25.2 Å². The zero-order valence-corrected chi connectivity index (χ0v) is 17.6. The molecule has 2 aromatic rings. The molecule has 1 saturated heterocycles. The number of amides is 1. The minimum atomic E-state index is -3.56. The van der Waals surface area contributed by atoms with Crippen molar-refractivity contribution >= 4 is 27.7 Å². The maximum absolute atomic E-state index is 12.9. The summed E-state index contributed by atoms with van der Waals surface area (Å²) >= 11 is 0. The lowest BCUT2D eigenvalue weighted by atomic mass is 10.2. The number of benzene rings is 2. The molecule has 2 heterocycles. The Balaban J connectivity index is 1.48. The Bertz CT molecular complexity index is 1090. The number of aryl methyl sites for hydroxylation is 1. The van der Waals surface area contributed by atoms with E-state index in [1.54, 1.807) is 30.3 Å². The molecule has 0 bridgehead atoms. The highest BCUT2D eigenvalue weighted by Gasteiger charge is 2.26. The summed E-state index contributed by atoms with van der Waals surface area (Å²) in [5.41, 5.74) is 2.07. The molecule has 0 spiro atoms. The van der Waals surface area contributed by atoms with Gasteiger partial charge in [0.1, 0.15) is 0 Å². The number of nitrogens with zero attached hydrogens (tertiary/aromatic N) is 1. The first-order valence-corrected chi connectivity index (χ1v) is 11.4. The van der Waals surface area contributed by atoms with Crippen molar-refractivity contribution in [1.29, 1.82) is 0 Å². The molecule has 0 aliphatic carbocycles. The predicted octanol–water partition coefficient (Wildman–Crippen LogP) is 3.55. The molecule has 1 amide bonds. The summed E-state index contributed by atoms with van der Waals surface area (Å²) in [4.78, 5) is 12.6. The fourth-order valence-electron chi connectivity index (χ4n) is 3.51. The van der Waals surface area contributed by atoms with Crippen LogP contribution >= 0.6 is 0 Å². The van der Waals surface area contributed by atoms with Crippen LogP contribution in [0.2, 0.25) is 0 Å². The third-order valence-electron chi connectivity index (χ3n) is 5.24. The minimum absolute atomic E-state index is 0.193. The number of piperidine rings is 1. The predicted molar refractivity (Wildman–Crippen MR) is 114 cm³/mol. The highest BCUT2D eigenvalue weighted by atomic mass is 32.2. The zero-order valence-electron chi connectivity index (χ0n) is 16.8. The lowest BCUT2D eigenvalue weighted by Crippen LogP contribution is -2.35. The van der Waals surface area contributed by atoms with Gasteiger partial charge in [0, 0.05) is 24.9 Å². The quantitative estimate of drug-likeness (QED) is 0.736. The van der Waals surface area contributed by atoms with Gasteiger partial charge in [0.2, 0.25) is 22.7 Å². The largest absolute Gasteiger partial charge is 0.454 e. The van der Waals surface area contributed by atoms with Gasteiger partial charge < -0.3 is 14.8 Å². The average molecular weight is 429 g/mol. The third kappa shape index (κ3) is 4.34. The molecule has 0 unspecified atom stereocenters. The number of hydrogen-bond acceptors (Lipinski definition) is 5. The van der Waals surface area contributed by atoms with Crippen molar-refractivity contribution in [2.45, 2.75) is 31.1 Å². The highest BCUT2D eigenvalue weighted by Crippen LogP contribution is 2.32. The second kappa shape index (κ2) is 8.49. The van der Waals surface area contributed by atoms with Crippen LogP contribution in [0.4, 0.5) is 5.69 Å². The summed E-state index contributed by atoms with van der Waals surface area (Å²) in [6, 6.07) is 10.3. The van der Waals surface area contributed by atoms with Crippen molar-refractivity contribution in [2.24, 2.45) is 0 Å². The van der Waals surface area contributed by atoms with E-state index in [0.29, 0.717) is 30.3 Å². The van der Waals surface area contributed by atoms with Gasteiger partial charge in [-0.2, -0.15) is 4.31 Å². The van der Waals surface area contributed by atoms with Gasteiger partial charge in [-0.05, 0) is 61.2 Å². The number of rotatable bonds is 5. The summed E-state index contributed by atoms with van der Waals surface area (Å²) in [6.45, 7) is 3.10. The summed E-state index contributed by atoms with van der Waals surface area (Å²) in [7, 11) is -3.56. The number of carbonyl (C=O) groups is 1. The minimum Gasteiger partial charge on any atom is -0.454 e. The standard InChI is InChI=1S/C22H24N2O5S/c1-16-5-8-18(30(26,27)24-11-3-2-4-12-24)14-19(16)23-22(25)10-7-17-6-9-20-21(13-17)29-15-28-20/h5-10,13-14H,2-4,11-12,15H2,1H3,(H,23,25)/b10-7+. The average Bonchev–Trinajstić information content (AvgIpc) is 3.22. The Labute approximate surface area is 176 Å². The van der Waals surface area contributed by atoms with E-state index in [1.807, 2.05) is 13.0 Å². The van der Waals surface area contributed by atoms with Crippen molar-refractivity contribution in [3.8, 4) is 11.5 Å². The number of carbonyl (C=O) groups excluding carboxylic acids is 1. The molecule has 2 aliphatic rings. The van der Waals surface area contributed by atoms with Crippen LogP contribution in [0, 0.1) is 6.92 Å². The SMILES string of the molecule is Cc1ccc(S(=O)(=O)N2CCCCC2)cc1NC(=O)/C=C/c1ccc2c(c1)OCO2.